The molecule has 1 aromatic heterocycles. The number of hydrogen-bond donors (Lipinski definition) is 1. The van der Waals surface area contributed by atoms with Crippen LogP contribution in [0, 0.1) is 20.8 Å². The highest BCUT2D eigenvalue weighted by Crippen LogP contribution is 2.33. The molecule has 0 saturated carbocycles. The molecule has 0 bridgehead atoms. The van der Waals surface area contributed by atoms with Crippen LogP contribution < -0.4 is 10.5 Å². The second-order valence-corrected chi connectivity index (χ2v) is 5.21. The normalized spacial score (nSPS) is 10.8. The van der Waals surface area contributed by atoms with Crippen molar-refractivity contribution in [2.24, 2.45) is 0 Å². The zero-order chi connectivity index (χ0) is 15.0. The van der Waals surface area contributed by atoms with E-state index in [4.69, 9.17) is 10.5 Å². The van der Waals surface area contributed by atoms with Gasteiger partial charge in [0.05, 0.1) is 10.9 Å². The van der Waals surface area contributed by atoms with E-state index in [2.05, 4.69) is 35.9 Å². The molecule has 2 N–H and O–H groups in total. The second-order valence-electron chi connectivity index (χ2n) is 5.21. The van der Waals surface area contributed by atoms with Gasteiger partial charge in [-0.1, -0.05) is 12.1 Å². The third kappa shape index (κ3) is 2.40. The van der Waals surface area contributed by atoms with Gasteiger partial charge >= 0.3 is 0 Å². The van der Waals surface area contributed by atoms with Gasteiger partial charge in [0.1, 0.15) is 12.1 Å². The molecular formula is C17H17N3O. The Balaban J connectivity index is 2.13. The molecule has 0 radical (unpaired) electrons. The van der Waals surface area contributed by atoms with Gasteiger partial charge in [0.2, 0.25) is 5.88 Å². The number of rotatable bonds is 2. The Kier molecular flexibility index (Phi) is 3.22. The zero-order valence-corrected chi connectivity index (χ0v) is 12.3. The van der Waals surface area contributed by atoms with E-state index in [0.717, 1.165) is 27.8 Å². The molecule has 0 aliphatic carbocycles. The summed E-state index contributed by atoms with van der Waals surface area (Å²) in [6, 6.07) is 9.68. The van der Waals surface area contributed by atoms with Crippen LogP contribution in [0.15, 0.2) is 36.7 Å². The number of fused-ring (bicyclic) bond motifs is 1. The summed E-state index contributed by atoms with van der Waals surface area (Å²) in [6.45, 7) is 6.16. The first-order valence-corrected chi connectivity index (χ1v) is 6.81. The molecule has 4 heteroatoms. The van der Waals surface area contributed by atoms with Gasteiger partial charge in [-0.3, -0.25) is 0 Å². The fourth-order valence-corrected chi connectivity index (χ4v) is 2.31. The fourth-order valence-electron chi connectivity index (χ4n) is 2.31. The van der Waals surface area contributed by atoms with Crippen molar-refractivity contribution in [1.29, 1.82) is 0 Å². The molecule has 0 saturated heterocycles. The van der Waals surface area contributed by atoms with Crippen LogP contribution in [-0.2, 0) is 0 Å². The van der Waals surface area contributed by atoms with Crippen molar-refractivity contribution in [3.8, 4) is 11.6 Å². The predicted octanol–water partition coefficient (Wildman–Crippen LogP) is 3.93. The highest BCUT2D eigenvalue weighted by molar-refractivity contribution is 5.86. The van der Waals surface area contributed by atoms with E-state index in [1.165, 1.54) is 11.9 Å². The quantitative estimate of drug-likeness (QED) is 0.722. The summed E-state index contributed by atoms with van der Waals surface area (Å²) in [4.78, 5) is 8.51. The predicted molar refractivity (Wildman–Crippen MR) is 84.7 cm³/mol. The second kappa shape index (κ2) is 5.05. The maximum atomic E-state index is 6.08. The van der Waals surface area contributed by atoms with Crippen LogP contribution in [0.25, 0.3) is 10.9 Å². The summed E-state index contributed by atoms with van der Waals surface area (Å²) < 4.78 is 6.08. The van der Waals surface area contributed by atoms with Crippen molar-refractivity contribution in [1.82, 2.24) is 9.97 Å². The number of hydrogen-bond acceptors (Lipinski definition) is 4. The van der Waals surface area contributed by atoms with Crippen LogP contribution in [0.5, 0.6) is 11.6 Å². The summed E-state index contributed by atoms with van der Waals surface area (Å²) in [5.41, 5.74) is 10.6. The standard InChI is InChI=1S/C17H17N3O/c1-10-4-5-11(2)16(12(10)3)21-17-14-7-6-13(18)8-15(14)19-9-20-17/h4-9H,18H2,1-3H3. The number of ether oxygens (including phenoxy) is 1. The Labute approximate surface area is 123 Å². The molecule has 21 heavy (non-hydrogen) atoms. The average molecular weight is 279 g/mol. The first-order chi connectivity index (χ1) is 10.1. The Bertz CT molecular complexity index is 828. The summed E-state index contributed by atoms with van der Waals surface area (Å²) >= 11 is 0. The largest absolute Gasteiger partial charge is 0.438 e. The first-order valence-electron chi connectivity index (χ1n) is 6.81. The van der Waals surface area contributed by atoms with Gasteiger partial charge in [-0.05, 0) is 55.7 Å². The molecule has 0 unspecified atom stereocenters. The summed E-state index contributed by atoms with van der Waals surface area (Å²) in [5, 5.41) is 0.854. The average Bonchev–Trinajstić information content (AvgIpc) is 2.47. The van der Waals surface area contributed by atoms with Crippen molar-refractivity contribution in [3.05, 3.63) is 53.3 Å². The van der Waals surface area contributed by atoms with Gasteiger partial charge in [-0.2, -0.15) is 0 Å². The van der Waals surface area contributed by atoms with Crippen LogP contribution in [-0.4, -0.2) is 9.97 Å². The lowest BCUT2D eigenvalue weighted by Crippen LogP contribution is -1.97. The van der Waals surface area contributed by atoms with E-state index in [9.17, 15) is 0 Å². The molecule has 4 nitrogen and oxygen atoms in total. The number of aryl methyl sites for hydroxylation is 2. The van der Waals surface area contributed by atoms with Crippen LogP contribution >= 0.6 is 0 Å². The minimum absolute atomic E-state index is 0.553. The van der Waals surface area contributed by atoms with Crippen LogP contribution in [0.4, 0.5) is 5.69 Å². The first kappa shape index (κ1) is 13.4. The molecular weight excluding hydrogens is 262 g/mol. The van der Waals surface area contributed by atoms with Crippen molar-refractivity contribution < 1.29 is 4.74 Å². The van der Waals surface area contributed by atoms with Crippen molar-refractivity contribution in [2.75, 3.05) is 5.73 Å². The molecule has 2 aromatic carbocycles. The molecule has 0 aliphatic rings. The van der Waals surface area contributed by atoms with E-state index < -0.39 is 0 Å². The molecule has 1 heterocycles. The van der Waals surface area contributed by atoms with Crippen molar-refractivity contribution in [2.45, 2.75) is 20.8 Å². The van der Waals surface area contributed by atoms with E-state index in [1.807, 2.05) is 25.1 Å². The minimum atomic E-state index is 0.553. The SMILES string of the molecule is Cc1ccc(C)c(Oc2ncnc3cc(N)ccc23)c1C. The van der Waals surface area contributed by atoms with E-state index in [-0.39, 0.29) is 0 Å². The Morgan fingerprint density at radius 3 is 2.52 bits per heavy atom. The summed E-state index contributed by atoms with van der Waals surface area (Å²) in [5.74, 6) is 1.41. The third-order valence-electron chi connectivity index (χ3n) is 3.70. The molecule has 0 atom stereocenters. The van der Waals surface area contributed by atoms with E-state index >= 15 is 0 Å². The van der Waals surface area contributed by atoms with Crippen molar-refractivity contribution >= 4 is 16.6 Å². The fraction of sp³-hybridized carbons (Fsp3) is 0.176. The highest BCUT2D eigenvalue weighted by atomic mass is 16.5. The third-order valence-corrected chi connectivity index (χ3v) is 3.70. The Hall–Kier alpha value is -2.62. The van der Waals surface area contributed by atoms with Gasteiger partial charge in [0.15, 0.2) is 0 Å². The number of nitrogens with zero attached hydrogens (tertiary/aromatic N) is 2. The van der Waals surface area contributed by atoms with Crippen molar-refractivity contribution in [3.63, 3.8) is 0 Å². The Morgan fingerprint density at radius 1 is 0.952 bits per heavy atom. The lowest BCUT2D eigenvalue weighted by molar-refractivity contribution is 0.460. The molecule has 0 aliphatic heterocycles. The lowest BCUT2D eigenvalue weighted by atomic mass is 10.1. The molecule has 3 aromatic rings. The number of anilines is 1. The van der Waals surface area contributed by atoms with Crippen LogP contribution in [0.2, 0.25) is 0 Å². The number of nitrogen functional groups attached to an aromatic ring is 1. The number of aromatic nitrogens is 2. The van der Waals surface area contributed by atoms with Gasteiger partial charge in [-0.25, -0.2) is 9.97 Å². The maximum Gasteiger partial charge on any atom is 0.230 e. The Morgan fingerprint density at radius 2 is 1.71 bits per heavy atom. The molecule has 3 rings (SSSR count). The topological polar surface area (TPSA) is 61.0 Å². The van der Waals surface area contributed by atoms with E-state index in [1.54, 1.807) is 0 Å². The summed E-state index contributed by atoms with van der Waals surface area (Å²) in [7, 11) is 0. The molecule has 0 fully saturated rings. The van der Waals surface area contributed by atoms with Gasteiger partial charge in [0, 0.05) is 5.69 Å². The van der Waals surface area contributed by atoms with Gasteiger partial charge < -0.3 is 10.5 Å². The molecule has 0 amide bonds. The number of nitrogens with two attached hydrogens (primary N) is 1. The zero-order valence-electron chi connectivity index (χ0n) is 12.3. The lowest BCUT2D eigenvalue weighted by Gasteiger charge is -2.14. The van der Waals surface area contributed by atoms with Gasteiger partial charge in [0.25, 0.3) is 0 Å². The van der Waals surface area contributed by atoms with E-state index in [0.29, 0.717) is 11.6 Å². The monoisotopic (exact) mass is 279 g/mol. The van der Waals surface area contributed by atoms with Gasteiger partial charge in [-0.15, -0.1) is 0 Å². The smallest absolute Gasteiger partial charge is 0.230 e. The molecule has 106 valence electrons. The highest BCUT2D eigenvalue weighted by Gasteiger charge is 2.11. The van der Waals surface area contributed by atoms with Crippen LogP contribution in [0.1, 0.15) is 16.7 Å². The summed E-state index contributed by atoms with van der Waals surface area (Å²) in [6.07, 6.45) is 1.50. The minimum Gasteiger partial charge on any atom is -0.438 e. The maximum absolute atomic E-state index is 6.08. The number of benzene rings is 2. The van der Waals surface area contributed by atoms with Crippen LogP contribution in [0.3, 0.4) is 0 Å². The molecule has 0 spiro atoms.